The molecule has 0 amide bonds. The number of benzene rings is 1. The molecule has 1 spiro atoms. The van der Waals surface area contributed by atoms with Crippen molar-refractivity contribution in [3.05, 3.63) is 23.3 Å². The van der Waals surface area contributed by atoms with Gasteiger partial charge in [0.25, 0.3) is 0 Å². The standard InChI is InChI=1S/C21H27NO4.ClH/c23-14-5-4-13-10-16-21(25)7-6-15(24)19-20(21,17(13)18(14)26-19)8-9-22(16)11-12-2-1-3-12;/h4-5,12,15-16,19,23-25H,1-3,6-11H2;1H/t15-,16+,19-,20-,21+;/m1./s1. The van der Waals surface area contributed by atoms with E-state index in [1.807, 2.05) is 6.07 Å². The maximum absolute atomic E-state index is 12.1. The van der Waals surface area contributed by atoms with E-state index in [9.17, 15) is 15.3 Å². The van der Waals surface area contributed by atoms with E-state index in [1.165, 1.54) is 24.8 Å². The van der Waals surface area contributed by atoms with Crippen LogP contribution >= 0.6 is 12.4 Å². The van der Waals surface area contributed by atoms with E-state index in [0.717, 1.165) is 37.4 Å². The lowest BCUT2D eigenvalue weighted by Gasteiger charge is -2.64. The zero-order valence-electron chi connectivity index (χ0n) is 15.4. The molecule has 1 aromatic rings. The van der Waals surface area contributed by atoms with Crippen molar-refractivity contribution in [2.24, 2.45) is 5.92 Å². The number of hydrogen-bond acceptors (Lipinski definition) is 5. The first-order chi connectivity index (χ1) is 12.5. The molecule has 0 aromatic heterocycles. The SMILES string of the molecule is Cl.Oc1ccc2c3c1O[C@@H]1[C@H](O)CC[C@]4(O)[C@H](C2)N(CC2CCC2)CC[C@@]314. The molecule has 5 atom stereocenters. The van der Waals surface area contributed by atoms with Gasteiger partial charge in [-0.1, -0.05) is 12.5 Å². The minimum absolute atomic E-state index is 0. The summed E-state index contributed by atoms with van der Waals surface area (Å²) in [4.78, 5) is 2.53. The number of phenolic OH excluding ortho intramolecular Hbond substituents is 1. The summed E-state index contributed by atoms with van der Waals surface area (Å²) in [6, 6.07) is 3.80. The third kappa shape index (κ3) is 2.01. The van der Waals surface area contributed by atoms with Gasteiger partial charge in [-0.3, -0.25) is 4.90 Å². The lowest BCUT2D eigenvalue weighted by molar-refractivity contribution is -0.209. The van der Waals surface area contributed by atoms with Crippen molar-refractivity contribution in [2.45, 2.75) is 74.2 Å². The Hall–Kier alpha value is -1.01. The highest BCUT2D eigenvalue weighted by atomic mass is 35.5. The van der Waals surface area contributed by atoms with Crippen LogP contribution in [-0.4, -0.2) is 57.2 Å². The largest absolute Gasteiger partial charge is 0.504 e. The van der Waals surface area contributed by atoms with Gasteiger partial charge in [-0.05, 0) is 62.6 Å². The van der Waals surface area contributed by atoms with Crippen LogP contribution in [0.15, 0.2) is 12.1 Å². The number of hydrogen-bond donors (Lipinski definition) is 3. The average molecular weight is 394 g/mol. The van der Waals surface area contributed by atoms with E-state index >= 15 is 0 Å². The van der Waals surface area contributed by atoms with Crippen LogP contribution in [0.1, 0.15) is 49.7 Å². The molecule has 2 bridgehead atoms. The first-order valence-electron chi connectivity index (χ1n) is 10.2. The lowest BCUT2D eigenvalue weighted by Crippen LogP contribution is -2.77. The quantitative estimate of drug-likeness (QED) is 0.717. The van der Waals surface area contributed by atoms with E-state index < -0.39 is 23.2 Å². The van der Waals surface area contributed by atoms with Crippen LogP contribution in [0.2, 0.25) is 0 Å². The van der Waals surface area contributed by atoms with Gasteiger partial charge in [0.2, 0.25) is 0 Å². The maximum atomic E-state index is 12.1. The number of nitrogens with zero attached hydrogens (tertiary/aromatic N) is 1. The van der Waals surface area contributed by atoms with E-state index in [1.54, 1.807) is 6.07 Å². The molecule has 3 fully saturated rings. The van der Waals surface area contributed by atoms with Crippen molar-refractivity contribution in [3.8, 4) is 11.5 Å². The summed E-state index contributed by atoms with van der Waals surface area (Å²) in [6.45, 7) is 2.02. The van der Waals surface area contributed by atoms with Crippen LogP contribution in [0.5, 0.6) is 11.5 Å². The van der Waals surface area contributed by atoms with Crippen molar-refractivity contribution in [3.63, 3.8) is 0 Å². The number of phenols is 1. The minimum atomic E-state index is -0.884. The predicted molar refractivity (Wildman–Crippen MR) is 103 cm³/mol. The smallest absolute Gasteiger partial charge is 0.165 e. The summed E-state index contributed by atoms with van der Waals surface area (Å²) < 4.78 is 6.16. The van der Waals surface area contributed by atoms with Gasteiger partial charge < -0.3 is 20.1 Å². The monoisotopic (exact) mass is 393 g/mol. The van der Waals surface area contributed by atoms with Crippen LogP contribution in [-0.2, 0) is 11.8 Å². The van der Waals surface area contributed by atoms with Gasteiger partial charge in [-0.25, -0.2) is 0 Å². The zero-order chi connectivity index (χ0) is 17.7. The van der Waals surface area contributed by atoms with Gasteiger partial charge in [0, 0.05) is 18.2 Å². The Morgan fingerprint density at radius 1 is 1.19 bits per heavy atom. The molecule has 3 aliphatic carbocycles. The van der Waals surface area contributed by atoms with Crippen molar-refractivity contribution in [1.82, 2.24) is 4.90 Å². The van der Waals surface area contributed by atoms with Crippen LogP contribution in [0.25, 0.3) is 0 Å². The summed E-state index contributed by atoms with van der Waals surface area (Å²) in [6.07, 6.45) is 5.68. The molecular weight excluding hydrogens is 366 g/mol. The van der Waals surface area contributed by atoms with Crippen molar-refractivity contribution in [2.75, 3.05) is 13.1 Å². The Labute approximate surface area is 165 Å². The molecule has 3 N–H and O–H groups in total. The molecule has 1 saturated heterocycles. The molecule has 148 valence electrons. The molecule has 2 saturated carbocycles. The van der Waals surface area contributed by atoms with Crippen LogP contribution < -0.4 is 4.74 Å². The molecule has 0 unspecified atom stereocenters. The molecule has 27 heavy (non-hydrogen) atoms. The van der Waals surface area contributed by atoms with Gasteiger partial charge in [0.05, 0.1) is 17.1 Å². The highest BCUT2D eigenvalue weighted by molar-refractivity contribution is 5.85. The second kappa shape index (κ2) is 5.76. The Morgan fingerprint density at radius 2 is 2.00 bits per heavy atom. The molecule has 2 aliphatic heterocycles. The third-order valence-corrected chi connectivity index (χ3v) is 8.26. The van der Waals surface area contributed by atoms with Crippen molar-refractivity contribution < 1.29 is 20.1 Å². The normalized spacial score (nSPS) is 41.9. The Balaban J connectivity index is 0.00000160. The molecule has 5 aliphatic rings. The molecule has 2 heterocycles. The van der Waals surface area contributed by atoms with Gasteiger partial charge >= 0.3 is 0 Å². The van der Waals surface area contributed by atoms with Gasteiger partial charge in [-0.15, -0.1) is 12.4 Å². The number of aromatic hydroxyl groups is 1. The van der Waals surface area contributed by atoms with E-state index in [4.69, 9.17) is 4.74 Å². The number of likely N-dealkylation sites (tertiary alicyclic amines) is 1. The first kappa shape index (κ1) is 18.0. The zero-order valence-corrected chi connectivity index (χ0v) is 16.2. The topological polar surface area (TPSA) is 73.2 Å². The highest BCUT2D eigenvalue weighted by Crippen LogP contribution is 2.65. The van der Waals surface area contributed by atoms with Crippen LogP contribution in [0, 0.1) is 5.92 Å². The van der Waals surface area contributed by atoms with Crippen molar-refractivity contribution in [1.29, 1.82) is 0 Å². The Morgan fingerprint density at radius 3 is 2.74 bits per heavy atom. The summed E-state index contributed by atoms with van der Waals surface area (Å²) in [5, 5.41) is 33.2. The minimum Gasteiger partial charge on any atom is -0.504 e. The van der Waals surface area contributed by atoms with Crippen LogP contribution in [0.3, 0.4) is 0 Å². The van der Waals surface area contributed by atoms with Gasteiger partial charge in [0.15, 0.2) is 11.5 Å². The van der Waals surface area contributed by atoms with E-state index in [0.29, 0.717) is 18.6 Å². The highest BCUT2D eigenvalue weighted by Gasteiger charge is 2.72. The molecular formula is C21H28ClNO4. The maximum Gasteiger partial charge on any atom is 0.165 e. The number of ether oxygens (including phenoxy) is 1. The first-order valence-corrected chi connectivity index (χ1v) is 10.2. The fourth-order valence-electron chi connectivity index (χ4n) is 6.83. The third-order valence-electron chi connectivity index (χ3n) is 8.26. The van der Waals surface area contributed by atoms with E-state index in [2.05, 4.69) is 4.90 Å². The van der Waals surface area contributed by atoms with E-state index in [-0.39, 0.29) is 24.2 Å². The molecule has 6 heteroatoms. The Bertz CT molecular complexity index is 784. The summed E-state index contributed by atoms with van der Waals surface area (Å²) in [7, 11) is 0. The number of rotatable bonds is 2. The fourth-order valence-corrected chi connectivity index (χ4v) is 6.83. The number of aliphatic hydroxyl groups is 2. The van der Waals surface area contributed by atoms with Gasteiger partial charge in [-0.2, -0.15) is 0 Å². The fraction of sp³-hybridized carbons (Fsp3) is 0.714. The number of piperidine rings is 1. The number of halogens is 1. The molecule has 1 aromatic carbocycles. The Kier molecular flexibility index (Phi) is 3.85. The molecule has 5 nitrogen and oxygen atoms in total. The average Bonchev–Trinajstić information content (AvgIpc) is 2.93. The molecule has 6 rings (SSSR count). The predicted octanol–water partition coefficient (Wildman–Crippen LogP) is 2.13. The second-order valence-electron chi connectivity index (χ2n) is 9.25. The lowest BCUT2D eigenvalue weighted by atomic mass is 9.48. The summed E-state index contributed by atoms with van der Waals surface area (Å²) in [5.41, 5.74) is 0.712. The van der Waals surface area contributed by atoms with Crippen molar-refractivity contribution >= 4 is 12.4 Å². The molecule has 0 radical (unpaired) electrons. The second-order valence-corrected chi connectivity index (χ2v) is 9.25. The summed E-state index contributed by atoms with van der Waals surface area (Å²) >= 11 is 0. The van der Waals surface area contributed by atoms with Gasteiger partial charge in [0.1, 0.15) is 6.10 Å². The van der Waals surface area contributed by atoms with Crippen LogP contribution in [0.4, 0.5) is 0 Å². The number of aliphatic hydroxyl groups excluding tert-OH is 1. The summed E-state index contributed by atoms with van der Waals surface area (Å²) in [5.74, 6) is 1.42.